The Balaban J connectivity index is 1.27. The largest absolute Gasteiger partial charge is 0.474 e. The zero-order valence-electron chi connectivity index (χ0n) is 19.2. The Morgan fingerprint density at radius 3 is 2.67 bits per heavy atom. The van der Waals surface area contributed by atoms with Gasteiger partial charge in [-0.2, -0.15) is 0 Å². The summed E-state index contributed by atoms with van der Waals surface area (Å²) in [7, 11) is 0. The van der Waals surface area contributed by atoms with Crippen LogP contribution in [0.3, 0.4) is 0 Å². The highest BCUT2D eigenvalue weighted by molar-refractivity contribution is 5.98. The van der Waals surface area contributed by atoms with Crippen LogP contribution in [0.15, 0.2) is 42.9 Å². The molecule has 0 aliphatic carbocycles. The summed E-state index contributed by atoms with van der Waals surface area (Å²) in [5.74, 6) is 0.617. The summed E-state index contributed by atoms with van der Waals surface area (Å²) >= 11 is 0. The molecule has 0 radical (unpaired) electrons. The standard InChI is InChI=1S/C25H22F2N6O3/c26-24(27)17-9-21(29-12-18(17)19-5-3-15(11-28-19)32-7-1-2-22(32)34)31-14-8-20-25(30-10-14)36-13-16-4-6-23(35)33(16)20/h3,5,8-12,16,24H,1-2,4,6-7,13H2,(H,29,31)/t16-/m0/s1. The maximum absolute atomic E-state index is 14.0. The fraction of sp³-hybridized carbons (Fsp3) is 0.320. The van der Waals surface area contributed by atoms with Crippen molar-refractivity contribution in [3.63, 3.8) is 0 Å². The zero-order chi connectivity index (χ0) is 24.8. The number of ether oxygens (including phenoxy) is 1. The number of halogens is 2. The summed E-state index contributed by atoms with van der Waals surface area (Å²) in [4.78, 5) is 40.6. The first kappa shape index (κ1) is 22.3. The first-order chi connectivity index (χ1) is 17.5. The summed E-state index contributed by atoms with van der Waals surface area (Å²) in [5.41, 5.74) is 2.02. The normalized spacial score (nSPS) is 18.9. The molecule has 0 saturated carbocycles. The van der Waals surface area contributed by atoms with Crippen molar-refractivity contribution in [2.75, 3.05) is 28.3 Å². The number of hydrogen-bond acceptors (Lipinski definition) is 7. The number of anilines is 4. The monoisotopic (exact) mass is 492 g/mol. The Labute approximate surface area is 205 Å². The fourth-order valence-corrected chi connectivity index (χ4v) is 4.91. The molecule has 36 heavy (non-hydrogen) atoms. The van der Waals surface area contributed by atoms with Crippen LogP contribution in [0, 0.1) is 0 Å². The molecule has 184 valence electrons. The van der Waals surface area contributed by atoms with E-state index in [1.54, 1.807) is 28.0 Å². The van der Waals surface area contributed by atoms with Crippen molar-refractivity contribution >= 4 is 34.7 Å². The Kier molecular flexibility index (Phi) is 5.46. The third kappa shape index (κ3) is 3.90. The van der Waals surface area contributed by atoms with Crippen molar-refractivity contribution in [2.45, 2.75) is 38.2 Å². The quantitative estimate of drug-likeness (QED) is 0.569. The molecule has 2 amide bonds. The Morgan fingerprint density at radius 1 is 1.03 bits per heavy atom. The lowest BCUT2D eigenvalue weighted by molar-refractivity contribution is -0.118. The zero-order valence-corrected chi connectivity index (χ0v) is 19.2. The maximum Gasteiger partial charge on any atom is 0.264 e. The number of rotatable bonds is 5. The van der Waals surface area contributed by atoms with Gasteiger partial charge in [-0.05, 0) is 37.1 Å². The molecule has 0 spiro atoms. The SMILES string of the molecule is O=C1CCCN1c1ccc(-c2cnc(Nc3cnc4c(c3)N3C(=O)CC[C@H]3CO4)cc2C(F)F)nc1. The first-order valence-electron chi connectivity index (χ1n) is 11.7. The number of nitrogens with one attached hydrogen (secondary N) is 1. The van der Waals surface area contributed by atoms with E-state index in [1.807, 2.05) is 0 Å². The lowest BCUT2D eigenvalue weighted by atomic mass is 10.1. The number of carbonyl (C=O) groups is 2. The molecule has 6 rings (SSSR count). The van der Waals surface area contributed by atoms with Crippen LogP contribution in [0.4, 0.5) is 31.7 Å². The van der Waals surface area contributed by atoms with Gasteiger partial charge in [-0.3, -0.25) is 14.6 Å². The summed E-state index contributed by atoms with van der Waals surface area (Å²) in [5, 5.41) is 3.01. The molecule has 2 saturated heterocycles. The van der Waals surface area contributed by atoms with Gasteiger partial charge in [-0.15, -0.1) is 0 Å². The van der Waals surface area contributed by atoms with E-state index >= 15 is 0 Å². The molecular formula is C25H22F2N6O3. The van der Waals surface area contributed by atoms with Crippen molar-refractivity contribution in [1.82, 2.24) is 15.0 Å². The van der Waals surface area contributed by atoms with Crippen molar-refractivity contribution in [2.24, 2.45) is 0 Å². The highest BCUT2D eigenvalue weighted by Gasteiger charge is 2.38. The van der Waals surface area contributed by atoms with Gasteiger partial charge >= 0.3 is 0 Å². The van der Waals surface area contributed by atoms with Gasteiger partial charge in [0.15, 0.2) is 0 Å². The number of fused-ring (bicyclic) bond motifs is 3. The number of amides is 2. The molecular weight excluding hydrogens is 470 g/mol. The second-order valence-corrected chi connectivity index (χ2v) is 8.95. The molecule has 3 aliphatic heterocycles. The van der Waals surface area contributed by atoms with Gasteiger partial charge in [0, 0.05) is 36.7 Å². The van der Waals surface area contributed by atoms with Gasteiger partial charge in [-0.25, -0.2) is 18.7 Å². The van der Waals surface area contributed by atoms with Gasteiger partial charge in [0.25, 0.3) is 6.43 Å². The van der Waals surface area contributed by atoms with E-state index in [-0.39, 0.29) is 34.8 Å². The summed E-state index contributed by atoms with van der Waals surface area (Å²) in [6.45, 7) is 1.03. The molecule has 0 bridgehead atoms. The Hall–Kier alpha value is -4.15. The minimum atomic E-state index is -2.76. The van der Waals surface area contributed by atoms with E-state index < -0.39 is 6.43 Å². The average molecular weight is 492 g/mol. The van der Waals surface area contributed by atoms with Crippen molar-refractivity contribution < 1.29 is 23.1 Å². The molecule has 2 fully saturated rings. The third-order valence-corrected chi connectivity index (χ3v) is 6.68. The molecule has 1 N–H and O–H groups in total. The van der Waals surface area contributed by atoms with Crippen LogP contribution in [0.5, 0.6) is 5.88 Å². The minimum absolute atomic E-state index is 0.0126. The number of aromatic nitrogens is 3. The average Bonchev–Trinajstić information content (AvgIpc) is 3.49. The topological polar surface area (TPSA) is 101 Å². The third-order valence-electron chi connectivity index (χ3n) is 6.68. The second-order valence-electron chi connectivity index (χ2n) is 8.95. The van der Waals surface area contributed by atoms with Crippen LogP contribution in [-0.2, 0) is 9.59 Å². The Morgan fingerprint density at radius 2 is 1.92 bits per heavy atom. The molecule has 6 heterocycles. The highest BCUT2D eigenvalue weighted by Crippen LogP contribution is 2.39. The molecule has 0 unspecified atom stereocenters. The number of carbonyl (C=O) groups excluding carboxylic acids is 2. The van der Waals surface area contributed by atoms with Crippen LogP contribution in [-0.4, -0.2) is 46.0 Å². The van der Waals surface area contributed by atoms with Gasteiger partial charge in [-0.1, -0.05) is 0 Å². The van der Waals surface area contributed by atoms with Gasteiger partial charge in [0.2, 0.25) is 17.7 Å². The molecule has 0 aromatic carbocycles. The number of pyridine rings is 3. The van der Waals surface area contributed by atoms with Gasteiger partial charge < -0.3 is 19.9 Å². The highest BCUT2D eigenvalue weighted by atomic mass is 19.3. The molecule has 9 nitrogen and oxygen atoms in total. The van der Waals surface area contributed by atoms with Crippen molar-refractivity contribution in [1.29, 1.82) is 0 Å². The smallest absolute Gasteiger partial charge is 0.264 e. The number of hydrogen-bond donors (Lipinski definition) is 1. The fourth-order valence-electron chi connectivity index (χ4n) is 4.91. The summed E-state index contributed by atoms with van der Waals surface area (Å²) < 4.78 is 33.7. The van der Waals surface area contributed by atoms with E-state index in [9.17, 15) is 18.4 Å². The van der Waals surface area contributed by atoms with Gasteiger partial charge in [0.1, 0.15) is 18.1 Å². The van der Waals surface area contributed by atoms with Crippen LogP contribution < -0.4 is 19.9 Å². The predicted molar refractivity (Wildman–Crippen MR) is 128 cm³/mol. The van der Waals surface area contributed by atoms with Crippen LogP contribution in [0.2, 0.25) is 0 Å². The van der Waals surface area contributed by atoms with Crippen molar-refractivity contribution in [3.05, 3.63) is 48.4 Å². The molecule has 3 aromatic rings. The van der Waals surface area contributed by atoms with Gasteiger partial charge in [0.05, 0.1) is 35.5 Å². The summed E-state index contributed by atoms with van der Waals surface area (Å²) in [6, 6.07) is 6.30. The predicted octanol–water partition coefficient (Wildman–Crippen LogP) is 4.23. The molecule has 3 aliphatic rings. The maximum atomic E-state index is 14.0. The first-order valence-corrected chi connectivity index (χ1v) is 11.7. The second kappa shape index (κ2) is 8.81. The van der Waals surface area contributed by atoms with Crippen LogP contribution in [0.25, 0.3) is 11.3 Å². The van der Waals surface area contributed by atoms with E-state index in [2.05, 4.69) is 20.3 Å². The van der Waals surface area contributed by atoms with Crippen LogP contribution >= 0.6 is 0 Å². The van der Waals surface area contributed by atoms with E-state index in [1.165, 1.54) is 24.7 Å². The minimum Gasteiger partial charge on any atom is -0.474 e. The molecule has 11 heteroatoms. The van der Waals surface area contributed by atoms with E-state index in [0.717, 1.165) is 12.8 Å². The Bertz CT molecular complexity index is 1350. The van der Waals surface area contributed by atoms with Crippen molar-refractivity contribution in [3.8, 4) is 17.1 Å². The number of alkyl halides is 2. The lowest BCUT2D eigenvalue weighted by Gasteiger charge is -2.31. The number of nitrogens with zero attached hydrogens (tertiary/aromatic N) is 5. The molecule has 3 aromatic heterocycles. The van der Waals surface area contributed by atoms with Crippen LogP contribution in [0.1, 0.15) is 37.7 Å². The lowest BCUT2D eigenvalue weighted by Crippen LogP contribution is -2.40. The summed E-state index contributed by atoms with van der Waals surface area (Å²) in [6.07, 6.45) is 4.08. The molecule has 1 atom stereocenters. The van der Waals surface area contributed by atoms with E-state index in [4.69, 9.17) is 4.74 Å². The van der Waals surface area contributed by atoms with E-state index in [0.29, 0.717) is 54.6 Å².